The minimum absolute atomic E-state index is 0.159. The summed E-state index contributed by atoms with van der Waals surface area (Å²) in [5.41, 5.74) is 2.64. The summed E-state index contributed by atoms with van der Waals surface area (Å²) in [6.07, 6.45) is 5.88. The van der Waals surface area contributed by atoms with Crippen LogP contribution < -0.4 is 5.32 Å². The molecule has 0 amide bonds. The van der Waals surface area contributed by atoms with Gasteiger partial charge in [-0.2, -0.15) is 0 Å². The first-order chi connectivity index (χ1) is 10.6. The van der Waals surface area contributed by atoms with E-state index in [-0.39, 0.29) is 5.03 Å². The van der Waals surface area contributed by atoms with E-state index in [1.165, 1.54) is 30.6 Å². The summed E-state index contributed by atoms with van der Waals surface area (Å²) in [6.45, 7) is 1.94. The average Bonchev–Trinajstić information content (AvgIpc) is 2.98. The molecule has 22 heavy (non-hydrogen) atoms. The monoisotopic (exact) mass is 336 g/mol. The molecule has 0 atom stereocenters. The standard InChI is InChI=1S/C16H20N2O2S2/c1-12-7-9-14(10-8-12)22(19,20)16-15(21-11-17-16)18-13-5-3-2-4-6-13/h7-11,13,18H,2-6H2,1H3. The van der Waals surface area contributed by atoms with Gasteiger partial charge in [-0.1, -0.05) is 37.0 Å². The van der Waals surface area contributed by atoms with E-state index in [9.17, 15) is 8.42 Å². The third kappa shape index (κ3) is 3.17. The first-order valence-electron chi connectivity index (χ1n) is 7.59. The second-order valence-corrected chi connectivity index (χ2v) is 8.50. The van der Waals surface area contributed by atoms with E-state index >= 15 is 0 Å². The van der Waals surface area contributed by atoms with Crippen molar-refractivity contribution in [1.82, 2.24) is 4.98 Å². The third-order valence-corrected chi connectivity index (χ3v) is 6.66. The molecular formula is C16H20N2O2S2. The Morgan fingerprint density at radius 1 is 1.14 bits per heavy atom. The number of anilines is 1. The van der Waals surface area contributed by atoms with Crippen molar-refractivity contribution in [3.63, 3.8) is 0 Å². The third-order valence-electron chi connectivity index (χ3n) is 4.06. The lowest BCUT2D eigenvalue weighted by Crippen LogP contribution is -2.22. The number of nitrogens with one attached hydrogen (secondary N) is 1. The molecule has 1 fully saturated rings. The molecule has 1 aromatic heterocycles. The molecule has 1 N–H and O–H groups in total. The fourth-order valence-electron chi connectivity index (χ4n) is 2.78. The first-order valence-corrected chi connectivity index (χ1v) is 9.95. The molecule has 0 spiro atoms. The number of rotatable bonds is 4. The van der Waals surface area contributed by atoms with Crippen molar-refractivity contribution in [3.8, 4) is 0 Å². The highest BCUT2D eigenvalue weighted by Crippen LogP contribution is 2.32. The van der Waals surface area contributed by atoms with Gasteiger partial charge in [-0.05, 0) is 31.9 Å². The molecule has 4 nitrogen and oxygen atoms in total. The number of aromatic nitrogens is 1. The molecule has 0 bridgehead atoms. The Bertz CT molecular complexity index is 730. The van der Waals surface area contributed by atoms with Crippen molar-refractivity contribution in [1.29, 1.82) is 0 Å². The molecule has 2 aromatic rings. The quantitative estimate of drug-likeness (QED) is 0.916. The van der Waals surface area contributed by atoms with Crippen molar-refractivity contribution in [2.75, 3.05) is 5.32 Å². The van der Waals surface area contributed by atoms with E-state index in [0.717, 1.165) is 18.4 Å². The molecule has 0 saturated heterocycles. The minimum Gasteiger partial charge on any atom is -0.372 e. The second kappa shape index (κ2) is 6.38. The molecule has 1 saturated carbocycles. The van der Waals surface area contributed by atoms with E-state index in [4.69, 9.17) is 0 Å². The Balaban J connectivity index is 1.88. The van der Waals surface area contributed by atoms with E-state index in [0.29, 0.717) is 15.9 Å². The molecule has 3 rings (SSSR count). The maximum Gasteiger partial charge on any atom is 0.226 e. The molecule has 0 unspecified atom stereocenters. The molecule has 6 heteroatoms. The summed E-state index contributed by atoms with van der Waals surface area (Å²) in [5.74, 6) is 0. The van der Waals surface area contributed by atoms with Gasteiger partial charge >= 0.3 is 0 Å². The highest BCUT2D eigenvalue weighted by molar-refractivity contribution is 7.91. The van der Waals surface area contributed by atoms with Crippen LogP contribution in [0.4, 0.5) is 5.00 Å². The van der Waals surface area contributed by atoms with E-state index in [1.54, 1.807) is 17.6 Å². The topological polar surface area (TPSA) is 59.1 Å². The van der Waals surface area contributed by atoms with Crippen LogP contribution in [0.5, 0.6) is 0 Å². The maximum atomic E-state index is 12.8. The van der Waals surface area contributed by atoms with Crippen LogP contribution in [0.1, 0.15) is 37.7 Å². The lowest BCUT2D eigenvalue weighted by atomic mass is 9.96. The molecule has 118 valence electrons. The van der Waals surface area contributed by atoms with Crippen LogP contribution in [-0.4, -0.2) is 19.4 Å². The molecule has 0 radical (unpaired) electrons. The SMILES string of the molecule is Cc1ccc(S(=O)(=O)c2ncsc2NC2CCCCC2)cc1. The molecule has 1 aliphatic rings. The average molecular weight is 336 g/mol. The van der Waals surface area contributed by atoms with Gasteiger partial charge in [0.25, 0.3) is 0 Å². The maximum absolute atomic E-state index is 12.8. The van der Waals surface area contributed by atoms with Crippen molar-refractivity contribution in [2.24, 2.45) is 0 Å². The van der Waals surface area contributed by atoms with E-state index in [1.807, 2.05) is 19.1 Å². The smallest absolute Gasteiger partial charge is 0.226 e. The van der Waals surface area contributed by atoms with Crippen LogP contribution in [0, 0.1) is 6.92 Å². The van der Waals surface area contributed by atoms with Crippen LogP contribution in [0.15, 0.2) is 39.7 Å². The van der Waals surface area contributed by atoms with Gasteiger partial charge in [0, 0.05) is 6.04 Å². The minimum atomic E-state index is -3.56. The Morgan fingerprint density at radius 2 is 1.82 bits per heavy atom. The molecule has 0 aliphatic heterocycles. The predicted molar refractivity (Wildman–Crippen MR) is 89.2 cm³/mol. The first kappa shape index (κ1) is 15.5. The Hall–Kier alpha value is -1.40. The van der Waals surface area contributed by atoms with Gasteiger partial charge < -0.3 is 5.32 Å². The number of nitrogens with zero attached hydrogens (tertiary/aromatic N) is 1. The zero-order valence-electron chi connectivity index (χ0n) is 12.6. The lowest BCUT2D eigenvalue weighted by Gasteiger charge is -2.23. The van der Waals surface area contributed by atoms with Gasteiger partial charge in [0.15, 0.2) is 5.03 Å². The van der Waals surface area contributed by atoms with Crippen LogP contribution >= 0.6 is 11.3 Å². The largest absolute Gasteiger partial charge is 0.372 e. The Morgan fingerprint density at radius 3 is 2.50 bits per heavy atom. The fourth-order valence-corrected chi connectivity index (χ4v) is 5.19. The number of hydrogen-bond acceptors (Lipinski definition) is 5. The van der Waals surface area contributed by atoms with Gasteiger partial charge in [0.05, 0.1) is 10.4 Å². The van der Waals surface area contributed by atoms with Gasteiger partial charge in [0.2, 0.25) is 9.84 Å². The van der Waals surface area contributed by atoms with Gasteiger partial charge in [-0.3, -0.25) is 0 Å². The van der Waals surface area contributed by atoms with Crippen LogP contribution in [0.2, 0.25) is 0 Å². The molecule has 1 aromatic carbocycles. The summed E-state index contributed by atoms with van der Waals surface area (Å²) < 4.78 is 25.5. The zero-order chi connectivity index (χ0) is 15.6. The van der Waals surface area contributed by atoms with Crippen molar-refractivity contribution >= 4 is 26.2 Å². The highest BCUT2D eigenvalue weighted by atomic mass is 32.2. The number of aryl methyl sites for hydroxylation is 1. The molecule has 1 aliphatic carbocycles. The molecular weight excluding hydrogens is 316 g/mol. The summed E-state index contributed by atoms with van der Waals surface area (Å²) in [6, 6.07) is 7.28. The lowest BCUT2D eigenvalue weighted by molar-refractivity contribution is 0.462. The van der Waals surface area contributed by atoms with Crippen LogP contribution in [0.25, 0.3) is 0 Å². The Labute approximate surface area is 135 Å². The van der Waals surface area contributed by atoms with E-state index < -0.39 is 9.84 Å². The van der Waals surface area contributed by atoms with Gasteiger partial charge in [-0.15, -0.1) is 11.3 Å². The second-order valence-electron chi connectivity index (χ2n) is 5.78. The summed E-state index contributed by atoms with van der Waals surface area (Å²) in [4.78, 5) is 4.42. The van der Waals surface area contributed by atoms with Gasteiger partial charge in [0.1, 0.15) is 5.00 Å². The number of sulfone groups is 1. The number of thiazole rings is 1. The molecule has 1 heterocycles. The van der Waals surface area contributed by atoms with Crippen molar-refractivity contribution in [2.45, 2.75) is 55.0 Å². The normalized spacial score (nSPS) is 16.6. The van der Waals surface area contributed by atoms with Crippen molar-refractivity contribution in [3.05, 3.63) is 35.3 Å². The van der Waals surface area contributed by atoms with Crippen LogP contribution in [-0.2, 0) is 9.84 Å². The summed E-state index contributed by atoms with van der Waals surface area (Å²) in [7, 11) is -3.56. The van der Waals surface area contributed by atoms with E-state index in [2.05, 4.69) is 10.3 Å². The highest BCUT2D eigenvalue weighted by Gasteiger charge is 2.26. The number of benzene rings is 1. The van der Waals surface area contributed by atoms with Crippen LogP contribution in [0.3, 0.4) is 0 Å². The summed E-state index contributed by atoms with van der Waals surface area (Å²) in [5, 5.41) is 4.23. The summed E-state index contributed by atoms with van der Waals surface area (Å²) >= 11 is 1.37. The zero-order valence-corrected chi connectivity index (χ0v) is 14.2. The Kier molecular flexibility index (Phi) is 4.49. The fraction of sp³-hybridized carbons (Fsp3) is 0.438. The van der Waals surface area contributed by atoms with Gasteiger partial charge in [-0.25, -0.2) is 13.4 Å². The van der Waals surface area contributed by atoms with Crippen molar-refractivity contribution < 1.29 is 8.42 Å². The predicted octanol–water partition coefficient (Wildman–Crippen LogP) is 4.03. The number of hydrogen-bond donors (Lipinski definition) is 1.